The van der Waals surface area contributed by atoms with Crippen molar-refractivity contribution in [2.45, 2.75) is 25.7 Å². The van der Waals surface area contributed by atoms with E-state index in [1.54, 1.807) is 12.1 Å². The number of anilines is 2. The number of benzene rings is 2. The zero-order valence-corrected chi connectivity index (χ0v) is 16.4. The third-order valence-corrected chi connectivity index (χ3v) is 5.70. The van der Waals surface area contributed by atoms with Crippen LogP contribution in [0.3, 0.4) is 0 Å². The molecule has 0 bridgehead atoms. The summed E-state index contributed by atoms with van der Waals surface area (Å²) in [6.45, 7) is 2.66. The van der Waals surface area contributed by atoms with E-state index in [4.69, 9.17) is 0 Å². The summed E-state index contributed by atoms with van der Waals surface area (Å²) in [6.07, 6.45) is 3.68. The number of nitrogens with one attached hydrogen (secondary N) is 2. The molecule has 6 heteroatoms. The van der Waals surface area contributed by atoms with E-state index in [9.17, 15) is 14.0 Å². The van der Waals surface area contributed by atoms with Crippen LogP contribution in [0.4, 0.5) is 15.8 Å². The number of rotatable bonds is 7. The van der Waals surface area contributed by atoms with Crippen LogP contribution in [-0.4, -0.2) is 31.4 Å². The van der Waals surface area contributed by atoms with Crippen LogP contribution >= 0.6 is 0 Å². The Balaban J connectivity index is 1.20. The predicted octanol–water partition coefficient (Wildman–Crippen LogP) is 3.36. The van der Waals surface area contributed by atoms with E-state index in [0.717, 1.165) is 24.3 Å². The van der Waals surface area contributed by atoms with E-state index in [0.29, 0.717) is 19.4 Å². The number of hydrogen-bond acceptors (Lipinski definition) is 3. The van der Waals surface area contributed by atoms with Crippen molar-refractivity contribution in [3.05, 3.63) is 59.9 Å². The Bertz CT molecular complexity index is 861. The van der Waals surface area contributed by atoms with Crippen molar-refractivity contribution in [1.29, 1.82) is 0 Å². The number of nitrogens with zero attached hydrogens (tertiary/aromatic N) is 1. The first kappa shape index (κ1) is 19.4. The van der Waals surface area contributed by atoms with Gasteiger partial charge in [-0.3, -0.25) is 9.59 Å². The highest BCUT2D eigenvalue weighted by Gasteiger charge is 2.47. The molecule has 2 unspecified atom stereocenters. The van der Waals surface area contributed by atoms with E-state index < -0.39 is 0 Å². The Morgan fingerprint density at radius 3 is 2.28 bits per heavy atom. The van der Waals surface area contributed by atoms with Crippen LogP contribution < -0.4 is 15.5 Å². The van der Waals surface area contributed by atoms with Gasteiger partial charge in [0.15, 0.2) is 0 Å². The summed E-state index contributed by atoms with van der Waals surface area (Å²) in [4.78, 5) is 27.0. The van der Waals surface area contributed by atoms with Gasteiger partial charge in [0.1, 0.15) is 5.82 Å². The fraction of sp³-hybridized carbons (Fsp3) is 0.391. The van der Waals surface area contributed by atoms with Crippen LogP contribution in [0.5, 0.6) is 0 Å². The average molecular weight is 395 g/mol. The first-order valence-electron chi connectivity index (χ1n) is 10.3. The Hall–Kier alpha value is -2.89. The lowest BCUT2D eigenvalue weighted by Gasteiger charge is -2.17. The second-order valence-corrected chi connectivity index (χ2v) is 7.85. The lowest BCUT2D eigenvalue weighted by atomic mass is 10.1. The van der Waals surface area contributed by atoms with Crippen molar-refractivity contribution in [1.82, 2.24) is 5.32 Å². The first-order chi connectivity index (χ1) is 14.1. The van der Waals surface area contributed by atoms with Crippen LogP contribution in [0.2, 0.25) is 0 Å². The molecule has 0 radical (unpaired) electrons. The van der Waals surface area contributed by atoms with Gasteiger partial charge in [-0.25, -0.2) is 4.39 Å². The molecule has 0 aromatic heterocycles. The molecule has 1 heterocycles. The topological polar surface area (TPSA) is 61.4 Å². The Labute approximate surface area is 170 Å². The van der Waals surface area contributed by atoms with Gasteiger partial charge in [0.25, 0.3) is 0 Å². The highest BCUT2D eigenvalue weighted by Crippen LogP contribution is 2.39. The third kappa shape index (κ3) is 4.94. The van der Waals surface area contributed by atoms with Crippen LogP contribution in [0.25, 0.3) is 0 Å². The maximum Gasteiger partial charge on any atom is 0.228 e. The molecule has 2 aromatic carbocycles. The van der Waals surface area contributed by atoms with Gasteiger partial charge in [-0.05, 0) is 67.6 Å². The number of amides is 2. The molecule has 1 saturated carbocycles. The van der Waals surface area contributed by atoms with Gasteiger partial charge in [0.2, 0.25) is 11.8 Å². The molecule has 29 heavy (non-hydrogen) atoms. The average Bonchev–Trinajstić information content (AvgIpc) is 3.36. The van der Waals surface area contributed by atoms with Gasteiger partial charge in [-0.15, -0.1) is 0 Å². The minimum Gasteiger partial charge on any atom is -0.372 e. The first-order valence-corrected chi connectivity index (χ1v) is 10.3. The number of carbonyl (C=O) groups is 2. The van der Waals surface area contributed by atoms with E-state index in [1.165, 1.54) is 30.7 Å². The summed E-state index contributed by atoms with van der Waals surface area (Å²) < 4.78 is 12.9. The molecule has 2 N–H and O–H groups in total. The molecular weight excluding hydrogens is 369 g/mol. The third-order valence-electron chi connectivity index (χ3n) is 5.70. The SMILES string of the molecule is O=C(NCCc1ccc(F)cc1)C1CC1C(=O)Nc1ccc(N2CCCC2)cc1. The van der Waals surface area contributed by atoms with Crippen molar-refractivity contribution in [3.63, 3.8) is 0 Å². The number of halogens is 1. The molecule has 2 aliphatic rings. The zero-order chi connectivity index (χ0) is 20.2. The van der Waals surface area contributed by atoms with Crippen LogP contribution in [-0.2, 0) is 16.0 Å². The summed E-state index contributed by atoms with van der Waals surface area (Å²) >= 11 is 0. The summed E-state index contributed by atoms with van der Waals surface area (Å²) in [5.74, 6) is -0.976. The standard InChI is InChI=1S/C23H26FN3O2/c24-17-5-3-16(4-6-17)11-12-25-22(28)20-15-21(20)23(29)26-18-7-9-19(10-8-18)27-13-1-2-14-27/h3-10,20-21H,1-2,11-15H2,(H,25,28)(H,26,29). The Kier molecular flexibility index (Phi) is 5.79. The molecule has 1 aliphatic carbocycles. The highest BCUT2D eigenvalue weighted by molar-refractivity contribution is 5.99. The molecule has 2 aromatic rings. The molecule has 4 rings (SSSR count). The summed E-state index contributed by atoms with van der Waals surface area (Å²) in [5.41, 5.74) is 2.92. The Morgan fingerprint density at radius 2 is 1.59 bits per heavy atom. The molecule has 2 atom stereocenters. The highest BCUT2D eigenvalue weighted by atomic mass is 19.1. The monoisotopic (exact) mass is 395 g/mol. The van der Waals surface area contributed by atoms with E-state index in [1.807, 2.05) is 24.3 Å². The van der Waals surface area contributed by atoms with Gasteiger partial charge >= 0.3 is 0 Å². The van der Waals surface area contributed by atoms with Gasteiger partial charge in [-0.2, -0.15) is 0 Å². The van der Waals surface area contributed by atoms with Gasteiger partial charge in [0, 0.05) is 31.0 Å². The lowest BCUT2D eigenvalue weighted by molar-refractivity contribution is -0.125. The normalized spacial score (nSPS) is 20.4. The molecule has 0 spiro atoms. The van der Waals surface area contributed by atoms with Crippen molar-refractivity contribution < 1.29 is 14.0 Å². The maximum absolute atomic E-state index is 12.9. The van der Waals surface area contributed by atoms with Gasteiger partial charge < -0.3 is 15.5 Å². The number of hydrogen-bond donors (Lipinski definition) is 2. The second-order valence-electron chi connectivity index (χ2n) is 7.85. The largest absolute Gasteiger partial charge is 0.372 e. The minimum absolute atomic E-state index is 0.0864. The van der Waals surface area contributed by atoms with Gasteiger partial charge in [0.05, 0.1) is 11.8 Å². The summed E-state index contributed by atoms with van der Waals surface area (Å²) in [7, 11) is 0. The van der Waals surface area contributed by atoms with Crippen LogP contribution in [0.15, 0.2) is 48.5 Å². The van der Waals surface area contributed by atoms with Crippen LogP contribution in [0, 0.1) is 17.7 Å². The molecule has 5 nitrogen and oxygen atoms in total. The molecule has 152 valence electrons. The predicted molar refractivity (Wildman–Crippen MR) is 111 cm³/mol. The van der Waals surface area contributed by atoms with E-state index >= 15 is 0 Å². The Morgan fingerprint density at radius 1 is 0.931 bits per heavy atom. The van der Waals surface area contributed by atoms with Crippen molar-refractivity contribution in [3.8, 4) is 0 Å². The number of carbonyl (C=O) groups excluding carboxylic acids is 2. The van der Waals surface area contributed by atoms with Crippen molar-refractivity contribution in [2.75, 3.05) is 29.9 Å². The lowest BCUT2D eigenvalue weighted by Crippen LogP contribution is -2.29. The molecular formula is C23H26FN3O2. The van der Waals surface area contributed by atoms with E-state index in [-0.39, 0.29) is 29.5 Å². The molecule has 1 aliphatic heterocycles. The summed E-state index contributed by atoms with van der Waals surface area (Å²) in [5, 5.41) is 5.80. The molecule has 2 fully saturated rings. The van der Waals surface area contributed by atoms with E-state index in [2.05, 4.69) is 15.5 Å². The van der Waals surface area contributed by atoms with Crippen molar-refractivity contribution in [2.24, 2.45) is 11.8 Å². The quantitative estimate of drug-likeness (QED) is 0.756. The molecule has 1 saturated heterocycles. The zero-order valence-electron chi connectivity index (χ0n) is 16.4. The second kappa shape index (κ2) is 8.64. The smallest absolute Gasteiger partial charge is 0.228 e. The minimum atomic E-state index is -0.268. The van der Waals surface area contributed by atoms with Crippen LogP contribution in [0.1, 0.15) is 24.8 Å². The van der Waals surface area contributed by atoms with Gasteiger partial charge in [-0.1, -0.05) is 12.1 Å². The van der Waals surface area contributed by atoms with Crippen molar-refractivity contribution >= 4 is 23.2 Å². The fourth-order valence-electron chi connectivity index (χ4n) is 3.85. The molecule has 2 amide bonds. The summed E-state index contributed by atoms with van der Waals surface area (Å²) in [6, 6.07) is 14.2. The fourth-order valence-corrected chi connectivity index (χ4v) is 3.85. The maximum atomic E-state index is 12.9.